The predicted molar refractivity (Wildman–Crippen MR) is 80.7 cm³/mol. The van der Waals surface area contributed by atoms with Crippen LogP contribution >= 0.6 is 0 Å². The van der Waals surface area contributed by atoms with E-state index < -0.39 is 0 Å². The summed E-state index contributed by atoms with van der Waals surface area (Å²) < 4.78 is 1.89. The third-order valence-corrected chi connectivity index (χ3v) is 6.65. The SMILES string of the molecule is O=C(N1CC(Cn2cncn2)C1)C12CC3CC(CC(C3)C1)C2. The molecule has 5 heteroatoms. The van der Waals surface area contributed by atoms with Crippen molar-refractivity contribution >= 4 is 5.91 Å². The van der Waals surface area contributed by atoms with Crippen molar-refractivity contribution in [2.45, 2.75) is 45.1 Å². The molecule has 1 amide bonds. The second-order valence-electron chi connectivity index (χ2n) is 8.39. The molecule has 4 aliphatic carbocycles. The highest BCUT2D eigenvalue weighted by Gasteiger charge is 2.56. The summed E-state index contributed by atoms with van der Waals surface area (Å²) in [6, 6.07) is 0. The molecule has 1 saturated heterocycles. The average molecular weight is 300 g/mol. The van der Waals surface area contributed by atoms with Crippen LogP contribution in [-0.4, -0.2) is 38.7 Å². The van der Waals surface area contributed by atoms with Crippen LogP contribution in [0, 0.1) is 29.1 Å². The van der Waals surface area contributed by atoms with Crippen molar-refractivity contribution in [1.82, 2.24) is 19.7 Å². The van der Waals surface area contributed by atoms with Gasteiger partial charge in [0.15, 0.2) is 0 Å². The summed E-state index contributed by atoms with van der Waals surface area (Å²) in [6.07, 6.45) is 11.1. The first-order valence-corrected chi connectivity index (χ1v) is 8.82. The van der Waals surface area contributed by atoms with Crippen LogP contribution in [0.1, 0.15) is 38.5 Å². The quantitative estimate of drug-likeness (QED) is 0.857. The molecule has 1 aromatic heterocycles. The van der Waals surface area contributed by atoms with Crippen molar-refractivity contribution in [3.63, 3.8) is 0 Å². The molecule has 5 nitrogen and oxygen atoms in total. The van der Waals surface area contributed by atoms with E-state index in [1.807, 2.05) is 4.68 Å². The molecule has 118 valence electrons. The number of hydrogen-bond donors (Lipinski definition) is 0. The maximum atomic E-state index is 13.1. The van der Waals surface area contributed by atoms with Gasteiger partial charge in [-0.25, -0.2) is 4.98 Å². The lowest BCUT2D eigenvalue weighted by molar-refractivity contribution is -0.164. The summed E-state index contributed by atoms with van der Waals surface area (Å²) in [4.78, 5) is 19.2. The predicted octanol–water partition coefficient (Wildman–Crippen LogP) is 1.95. The summed E-state index contributed by atoms with van der Waals surface area (Å²) in [5, 5.41) is 4.16. The molecule has 4 bridgehead atoms. The van der Waals surface area contributed by atoms with Gasteiger partial charge in [0.05, 0.1) is 5.41 Å². The molecule has 1 aliphatic heterocycles. The van der Waals surface area contributed by atoms with Crippen molar-refractivity contribution in [3.8, 4) is 0 Å². The molecule has 4 saturated carbocycles. The minimum absolute atomic E-state index is 0.0347. The number of aromatic nitrogens is 3. The molecule has 0 aromatic carbocycles. The zero-order chi connectivity index (χ0) is 14.7. The lowest BCUT2D eigenvalue weighted by Crippen LogP contribution is -2.60. The first-order valence-electron chi connectivity index (χ1n) is 8.82. The molecule has 0 spiro atoms. The van der Waals surface area contributed by atoms with Crippen LogP contribution in [0.5, 0.6) is 0 Å². The van der Waals surface area contributed by atoms with Gasteiger partial charge in [-0.1, -0.05) is 0 Å². The summed E-state index contributed by atoms with van der Waals surface area (Å²) in [5.74, 6) is 3.59. The molecule has 0 radical (unpaired) electrons. The van der Waals surface area contributed by atoms with Crippen molar-refractivity contribution < 1.29 is 4.79 Å². The van der Waals surface area contributed by atoms with Gasteiger partial charge >= 0.3 is 0 Å². The molecule has 6 rings (SSSR count). The minimum Gasteiger partial charge on any atom is -0.341 e. The molecular formula is C17H24N4O. The van der Waals surface area contributed by atoms with E-state index in [1.165, 1.54) is 38.5 Å². The Morgan fingerprint density at radius 3 is 2.27 bits per heavy atom. The van der Waals surface area contributed by atoms with Crippen LogP contribution in [0.15, 0.2) is 12.7 Å². The van der Waals surface area contributed by atoms with Gasteiger partial charge in [0.25, 0.3) is 0 Å². The van der Waals surface area contributed by atoms with Gasteiger partial charge in [-0.15, -0.1) is 0 Å². The summed E-state index contributed by atoms with van der Waals surface area (Å²) in [7, 11) is 0. The Bertz CT molecular complexity index is 540. The standard InChI is InChI=1S/C17H24N4O/c22-16(20-7-15(8-20)9-21-11-18-10-19-21)17-4-12-1-13(5-17)3-14(2-12)6-17/h10-15H,1-9H2. The topological polar surface area (TPSA) is 51.0 Å². The Balaban J connectivity index is 1.25. The normalized spacial score (nSPS) is 40.0. The lowest BCUT2D eigenvalue weighted by atomic mass is 9.49. The van der Waals surface area contributed by atoms with E-state index in [-0.39, 0.29) is 5.41 Å². The van der Waals surface area contributed by atoms with Gasteiger partial charge in [0, 0.05) is 25.6 Å². The monoisotopic (exact) mass is 300 g/mol. The second kappa shape index (κ2) is 4.56. The van der Waals surface area contributed by atoms with E-state index in [9.17, 15) is 4.79 Å². The second-order valence-corrected chi connectivity index (χ2v) is 8.39. The Labute approximate surface area is 131 Å². The zero-order valence-electron chi connectivity index (χ0n) is 13.0. The number of amides is 1. The van der Waals surface area contributed by atoms with Crippen LogP contribution in [-0.2, 0) is 11.3 Å². The first kappa shape index (κ1) is 13.1. The maximum Gasteiger partial charge on any atom is 0.228 e. The van der Waals surface area contributed by atoms with E-state index in [2.05, 4.69) is 15.0 Å². The molecule has 1 aromatic rings. The fraction of sp³-hybridized carbons (Fsp3) is 0.824. The van der Waals surface area contributed by atoms with Gasteiger partial charge in [-0.3, -0.25) is 9.48 Å². The van der Waals surface area contributed by atoms with Crippen LogP contribution in [0.2, 0.25) is 0 Å². The molecule has 5 aliphatic rings. The first-order chi connectivity index (χ1) is 10.7. The fourth-order valence-electron chi connectivity index (χ4n) is 6.15. The molecule has 0 atom stereocenters. The van der Waals surface area contributed by atoms with Gasteiger partial charge in [-0.05, 0) is 56.3 Å². The van der Waals surface area contributed by atoms with E-state index in [1.54, 1.807) is 12.7 Å². The van der Waals surface area contributed by atoms with Crippen molar-refractivity contribution in [3.05, 3.63) is 12.7 Å². The van der Waals surface area contributed by atoms with Crippen LogP contribution in [0.25, 0.3) is 0 Å². The molecule has 0 unspecified atom stereocenters. The number of hydrogen-bond acceptors (Lipinski definition) is 3. The molecule has 5 fully saturated rings. The maximum absolute atomic E-state index is 13.1. The molecular weight excluding hydrogens is 276 g/mol. The minimum atomic E-state index is 0.0347. The van der Waals surface area contributed by atoms with Gasteiger partial charge < -0.3 is 4.90 Å². The molecule has 0 N–H and O–H groups in total. The van der Waals surface area contributed by atoms with E-state index in [4.69, 9.17) is 0 Å². The molecule has 22 heavy (non-hydrogen) atoms. The lowest BCUT2D eigenvalue weighted by Gasteiger charge is -2.58. The highest BCUT2D eigenvalue weighted by Crippen LogP contribution is 2.60. The Kier molecular flexibility index (Phi) is 2.71. The van der Waals surface area contributed by atoms with Gasteiger partial charge in [-0.2, -0.15) is 5.10 Å². The third kappa shape index (κ3) is 1.94. The van der Waals surface area contributed by atoms with Crippen LogP contribution < -0.4 is 0 Å². The number of carbonyl (C=O) groups is 1. The van der Waals surface area contributed by atoms with Crippen LogP contribution in [0.3, 0.4) is 0 Å². The zero-order valence-corrected chi connectivity index (χ0v) is 13.0. The van der Waals surface area contributed by atoms with Gasteiger partial charge in [0.1, 0.15) is 12.7 Å². The summed E-state index contributed by atoms with van der Waals surface area (Å²) in [5.41, 5.74) is 0.0347. The number of likely N-dealkylation sites (tertiary alicyclic amines) is 1. The van der Waals surface area contributed by atoms with Crippen molar-refractivity contribution in [1.29, 1.82) is 0 Å². The highest BCUT2D eigenvalue weighted by molar-refractivity contribution is 5.84. The summed E-state index contributed by atoms with van der Waals surface area (Å²) in [6.45, 7) is 2.73. The van der Waals surface area contributed by atoms with Crippen LogP contribution in [0.4, 0.5) is 0 Å². The fourth-order valence-corrected chi connectivity index (χ4v) is 6.15. The summed E-state index contributed by atoms with van der Waals surface area (Å²) >= 11 is 0. The van der Waals surface area contributed by atoms with Crippen molar-refractivity contribution in [2.75, 3.05) is 13.1 Å². The smallest absolute Gasteiger partial charge is 0.228 e. The Morgan fingerprint density at radius 1 is 1.09 bits per heavy atom. The largest absolute Gasteiger partial charge is 0.341 e. The third-order valence-electron chi connectivity index (χ3n) is 6.65. The molecule has 2 heterocycles. The number of rotatable bonds is 3. The number of nitrogens with zero attached hydrogens (tertiary/aromatic N) is 4. The van der Waals surface area contributed by atoms with Crippen molar-refractivity contribution in [2.24, 2.45) is 29.1 Å². The van der Waals surface area contributed by atoms with E-state index in [0.29, 0.717) is 11.8 Å². The Hall–Kier alpha value is -1.39. The van der Waals surface area contributed by atoms with E-state index in [0.717, 1.165) is 37.4 Å². The average Bonchev–Trinajstić information content (AvgIpc) is 2.93. The van der Waals surface area contributed by atoms with Gasteiger partial charge in [0.2, 0.25) is 5.91 Å². The Morgan fingerprint density at radius 2 is 1.73 bits per heavy atom. The highest BCUT2D eigenvalue weighted by atomic mass is 16.2. The number of carbonyl (C=O) groups excluding carboxylic acids is 1. The van der Waals surface area contributed by atoms with E-state index >= 15 is 0 Å².